The Morgan fingerprint density at radius 1 is 1.09 bits per heavy atom. The minimum atomic E-state index is -3.52. The van der Waals surface area contributed by atoms with Crippen LogP contribution in [-0.2, 0) is 26.2 Å². The SMILES string of the molecule is CCCCNC(=O)C(C)N(Cc1cccc(Br)c1)C(=O)CCCN(c1ccccc1C)S(C)(=O)=O. The summed E-state index contributed by atoms with van der Waals surface area (Å²) in [5.41, 5.74) is 2.36. The number of halogens is 1. The summed E-state index contributed by atoms with van der Waals surface area (Å²) in [5, 5.41) is 2.91. The van der Waals surface area contributed by atoms with Crippen LogP contribution >= 0.6 is 15.9 Å². The van der Waals surface area contributed by atoms with E-state index < -0.39 is 16.1 Å². The van der Waals surface area contributed by atoms with Gasteiger partial charge in [0.25, 0.3) is 0 Å². The largest absolute Gasteiger partial charge is 0.354 e. The summed E-state index contributed by atoms with van der Waals surface area (Å²) >= 11 is 3.46. The zero-order valence-electron chi connectivity index (χ0n) is 21.0. The maximum atomic E-state index is 13.3. The fraction of sp³-hybridized carbons (Fsp3) is 0.462. The number of rotatable bonds is 13. The van der Waals surface area contributed by atoms with Crippen LogP contribution in [0.3, 0.4) is 0 Å². The van der Waals surface area contributed by atoms with Crippen molar-refractivity contribution in [2.45, 2.75) is 59.0 Å². The average molecular weight is 567 g/mol. The fourth-order valence-electron chi connectivity index (χ4n) is 3.78. The molecule has 0 fully saturated rings. The monoisotopic (exact) mass is 565 g/mol. The molecule has 2 rings (SSSR count). The third kappa shape index (κ3) is 8.96. The van der Waals surface area contributed by atoms with E-state index in [1.165, 1.54) is 10.6 Å². The molecule has 192 valence electrons. The quantitative estimate of drug-likeness (QED) is 0.358. The molecule has 0 aliphatic carbocycles. The van der Waals surface area contributed by atoms with Gasteiger partial charge in [0.1, 0.15) is 6.04 Å². The Balaban J connectivity index is 2.15. The molecule has 0 aromatic heterocycles. The first-order chi connectivity index (χ1) is 16.5. The van der Waals surface area contributed by atoms with Gasteiger partial charge in [-0.05, 0) is 56.0 Å². The van der Waals surface area contributed by atoms with E-state index in [0.29, 0.717) is 18.7 Å². The van der Waals surface area contributed by atoms with E-state index in [1.807, 2.05) is 43.3 Å². The Labute approximate surface area is 218 Å². The number of carbonyl (C=O) groups is 2. The van der Waals surface area contributed by atoms with E-state index in [0.717, 1.165) is 28.4 Å². The van der Waals surface area contributed by atoms with Crippen LogP contribution in [-0.4, -0.2) is 50.5 Å². The number of para-hydroxylation sites is 1. The highest BCUT2D eigenvalue weighted by Crippen LogP contribution is 2.23. The zero-order valence-corrected chi connectivity index (χ0v) is 23.4. The number of carbonyl (C=O) groups excluding carboxylic acids is 2. The van der Waals surface area contributed by atoms with Crippen LogP contribution in [0.15, 0.2) is 53.0 Å². The number of unbranched alkanes of at least 4 members (excludes halogenated alkanes) is 1. The van der Waals surface area contributed by atoms with Gasteiger partial charge < -0.3 is 10.2 Å². The van der Waals surface area contributed by atoms with Crippen molar-refractivity contribution >= 4 is 43.5 Å². The molecule has 35 heavy (non-hydrogen) atoms. The van der Waals surface area contributed by atoms with Crippen LogP contribution in [0.1, 0.15) is 50.7 Å². The Bertz CT molecular complexity index is 1110. The lowest BCUT2D eigenvalue weighted by atomic mass is 10.1. The number of aryl methyl sites for hydroxylation is 1. The van der Waals surface area contributed by atoms with Gasteiger partial charge in [-0.25, -0.2) is 8.42 Å². The summed E-state index contributed by atoms with van der Waals surface area (Å²) in [6, 6.07) is 14.3. The molecular formula is C26H36BrN3O4S. The Morgan fingerprint density at radius 3 is 2.43 bits per heavy atom. The summed E-state index contributed by atoms with van der Waals surface area (Å²) in [6.07, 6.45) is 3.47. The molecule has 1 unspecified atom stereocenters. The van der Waals surface area contributed by atoms with E-state index >= 15 is 0 Å². The summed E-state index contributed by atoms with van der Waals surface area (Å²) in [7, 11) is -3.52. The standard InChI is InChI=1S/C26H36BrN3O4S/c1-5-6-16-28-26(32)21(3)29(19-22-12-9-13-23(27)18-22)25(31)15-10-17-30(35(4,33)34)24-14-8-7-11-20(24)2/h7-9,11-14,18,21H,5-6,10,15-17,19H2,1-4H3,(H,28,32). The van der Waals surface area contributed by atoms with Gasteiger partial charge in [-0.15, -0.1) is 0 Å². The van der Waals surface area contributed by atoms with Gasteiger partial charge in [0.15, 0.2) is 0 Å². The lowest BCUT2D eigenvalue weighted by molar-refractivity contribution is -0.140. The highest BCUT2D eigenvalue weighted by Gasteiger charge is 2.26. The number of anilines is 1. The smallest absolute Gasteiger partial charge is 0.242 e. The van der Waals surface area contributed by atoms with E-state index in [2.05, 4.69) is 28.2 Å². The molecule has 0 heterocycles. The maximum Gasteiger partial charge on any atom is 0.242 e. The summed E-state index contributed by atoms with van der Waals surface area (Å²) in [6.45, 7) is 6.67. The second kappa shape index (κ2) is 13.6. The number of nitrogens with one attached hydrogen (secondary N) is 1. The summed E-state index contributed by atoms with van der Waals surface area (Å²) in [4.78, 5) is 27.6. The Morgan fingerprint density at radius 2 is 1.80 bits per heavy atom. The molecule has 1 atom stereocenters. The van der Waals surface area contributed by atoms with E-state index in [1.54, 1.807) is 24.0 Å². The van der Waals surface area contributed by atoms with Crippen LogP contribution in [0.4, 0.5) is 5.69 Å². The molecule has 9 heteroatoms. The maximum absolute atomic E-state index is 13.3. The molecule has 0 saturated carbocycles. The van der Waals surface area contributed by atoms with Gasteiger partial charge in [-0.1, -0.05) is 59.6 Å². The van der Waals surface area contributed by atoms with Crippen molar-refractivity contribution < 1.29 is 18.0 Å². The molecule has 2 aromatic rings. The van der Waals surface area contributed by atoms with E-state index in [4.69, 9.17) is 0 Å². The molecule has 1 N–H and O–H groups in total. The van der Waals surface area contributed by atoms with Crippen molar-refractivity contribution in [3.8, 4) is 0 Å². The lowest BCUT2D eigenvalue weighted by Gasteiger charge is -2.29. The Hall–Kier alpha value is -2.39. The number of amides is 2. The first-order valence-electron chi connectivity index (χ1n) is 11.9. The topological polar surface area (TPSA) is 86.8 Å². The number of nitrogens with zero attached hydrogens (tertiary/aromatic N) is 2. The van der Waals surface area contributed by atoms with Crippen LogP contribution in [0.2, 0.25) is 0 Å². The highest BCUT2D eigenvalue weighted by molar-refractivity contribution is 9.10. The highest BCUT2D eigenvalue weighted by atomic mass is 79.9. The average Bonchev–Trinajstić information content (AvgIpc) is 2.80. The number of sulfonamides is 1. The third-order valence-electron chi connectivity index (χ3n) is 5.78. The van der Waals surface area contributed by atoms with E-state index in [-0.39, 0.29) is 31.3 Å². The van der Waals surface area contributed by atoms with Gasteiger partial charge in [0.05, 0.1) is 11.9 Å². The normalized spacial score (nSPS) is 12.1. The van der Waals surface area contributed by atoms with Crippen LogP contribution in [0.25, 0.3) is 0 Å². The predicted octanol–water partition coefficient (Wildman–Crippen LogP) is 4.64. The van der Waals surface area contributed by atoms with Crippen LogP contribution in [0, 0.1) is 6.92 Å². The van der Waals surface area contributed by atoms with Gasteiger partial charge in [0.2, 0.25) is 21.8 Å². The second-order valence-electron chi connectivity index (χ2n) is 8.70. The Kier molecular flexibility index (Phi) is 11.2. The van der Waals surface area contributed by atoms with Crippen LogP contribution < -0.4 is 9.62 Å². The summed E-state index contributed by atoms with van der Waals surface area (Å²) < 4.78 is 27.2. The zero-order chi connectivity index (χ0) is 26.0. The van der Waals surface area contributed by atoms with Crippen molar-refractivity contribution in [1.82, 2.24) is 10.2 Å². The second-order valence-corrected chi connectivity index (χ2v) is 11.5. The summed E-state index contributed by atoms with van der Waals surface area (Å²) in [5.74, 6) is -0.388. The van der Waals surface area contributed by atoms with Gasteiger partial charge in [-0.3, -0.25) is 13.9 Å². The van der Waals surface area contributed by atoms with Crippen molar-refractivity contribution in [3.05, 3.63) is 64.1 Å². The molecule has 0 saturated heterocycles. The predicted molar refractivity (Wildman–Crippen MR) is 145 cm³/mol. The first kappa shape index (κ1) is 28.8. The molecule has 7 nitrogen and oxygen atoms in total. The minimum Gasteiger partial charge on any atom is -0.354 e. The van der Waals surface area contributed by atoms with Crippen molar-refractivity contribution in [2.75, 3.05) is 23.7 Å². The molecule has 0 bridgehead atoms. The molecule has 2 aromatic carbocycles. The van der Waals surface area contributed by atoms with Crippen molar-refractivity contribution in [1.29, 1.82) is 0 Å². The minimum absolute atomic E-state index is 0.123. The number of benzene rings is 2. The fourth-order valence-corrected chi connectivity index (χ4v) is 5.25. The van der Waals surface area contributed by atoms with E-state index in [9.17, 15) is 18.0 Å². The van der Waals surface area contributed by atoms with Gasteiger partial charge in [-0.2, -0.15) is 0 Å². The number of hydrogen-bond acceptors (Lipinski definition) is 4. The number of hydrogen-bond donors (Lipinski definition) is 1. The molecular weight excluding hydrogens is 530 g/mol. The van der Waals surface area contributed by atoms with Crippen molar-refractivity contribution in [3.63, 3.8) is 0 Å². The van der Waals surface area contributed by atoms with Gasteiger partial charge >= 0.3 is 0 Å². The van der Waals surface area contributed by atoms with Crippen molar-refractivity contribution in [2.24, 2.45) is 0 Å². The first-order valence-corrected chi connectivity index (χ1v) is 14.5. The molecule has 0 spiro atoms. The molecule has 0 radical (unpaired) electrons. The third-order valence-corrected chi connectivity index (χ3v) is 7.45. The van der Waals surface area contributed by atoms with Gasteiger partial charge in [0, 0.05) is 30.5 Å². The molecule has 2 amide bonds. The molecule has 0 aliphatic rings. The van der Waals surface area contributed by atoms with Crippen LogP contribution in [0.5, 0.6) is 0 Å². The molecule has 0 aliphatic heterocycles. The lowest BCUT2D eigenvalue weighted by Crippen LogP contribution is -2.48.